The number of amides is 1. The van der Waals surface area contributed by atoms with Gasteiger partial charge in [0.2, 0.25) is 0 Å². The van der Waals surface area contributed by atoms with Crippen molar-refractivity contribution in [3.63, 3.8) is 0 Å². The van der Waals surface area contributed by atoms with E-state index in [2.05, 4.69) is 35.8 Å². The summed E-state index contributed by atoms with van der Waals surface area (Å²) >= 11 is 0. The average Bonchev–Trinajstić information content (AvgIpc) is 3.43. The van der Waals surface area contributed by atoms with Crippen molar-refractivity contribution in [3.05, 3.63) is 106 Å². The minimum atomic E-state index is -0.970. The first-order valence-electron chi connectivity index (χ1n) is 13.2. The lowest BCUT2D eigenvalue weighted by atomic mass is 9.95. The third kappa shape index (κ3) is 7.70. The Morgan fingerprint density at radius 1 is 0.946 bits per heavy atom. The molecule has 0 heterocycles. The molecule has 3 aromatic rings. The summed E-state index contributed by atoms with van der Waals surface area (Å²) in [5, 5.41) is 17.2. The smallest absolute Gasteiger partial charge is 0.251 e. The monoisotopic (exact) mass is 506 g/mol. The second-order valence-corrected chi connectivity index (χ2v) is 10.0. The molecule has 196 valence electrons. The molecule has 1 aliphatic rings. The molecule has 0 radical (unpaired) electrons. The van der Waals surface area contributed by atoms with Gasteiger partial charge in [-0.3, -0.25) is 4.79 Å². The minimum absolute atomic E-state index is 0.0941. The first kappa shape index (κ1) is 27.0. The molecule has 1 fully saturated rings. The number of carbonyl (C=O) groups is 1. The summed E-state index contributed by atoms with van der Waals surface area (Å²) in [6, 6.07) is 18.4. The van der Waals surface area contributed by atoms with Crippen molar-refractivity contribution >= 4 is 5.91 Å². The maximum Gasteiger partial charge on any atom is 0.251 e. The predicted molar refractivity (Wildman–Crippen MR) is 143 cm³/mol. The van der Waals surface area contributed by atoms with E-state index in [0.29, 0.717) is 23.6 Å². The Morgan fingerprint density at radius 3 is 2.38 bits per heavy atom. The van der Waals surface area contributed by atoms with Crippen molar-refractivity contribution < 1.29 is 18.7 Å². The first-order valence-corrected chi connectivity index (χ1v) is 13.2. The molecule has 0 aromatic heterocycles. The van der Waals surface area contributed by atoms with Crippen LogP contribution in [0, 0.1) is 11.6 Å². The number of benzene rings is 3. The van der Waals surface area contributed by atoms with Gasteiger partial charge >= 0.3 is 0 Å². The number of nitrogens with one attached hydrogen (secondary N) is 2. The molecule has 3 N–H and O–H groups in total. The molecule has 4 rings (SSSR count). The number of halogens is 2. The summed E-state index contributed by atoms with van der Waals surface area (Å²) in [6.07, 6.45) is 4.73. The molecule has 0 aliphatic heterocycles. The zero-order chi connectivity index (χ0) is 26.2. The summed E-state index contributed by atoms with van der Waals surface area (Å²) in [6.45, 7) is 2.87. The van der Waals surface area contributed by atoms with Crippen molar-refractivity contribution in [2.75, 3.05) is 6.54 Å². The van der Waals surface area contributed by atoms with E-state index in [1.54, 1.807) is 6.07 Å². The molecule has 2 atom stereocenters. The maximum atomic E-state index is 13.8. The number of aliphatic hydroxyl groups is 1. The quantitative estimate of drug-likeness (QED) is 0.314. The van der Waals surface area contributed by atoms with E-state index in [1.165, 1.54) is 30.5 Å². The van der Waals surface area contributed by atoms with Crippen LogP contribution in [0.5, 0.6) is 0 Å². The molecule has 0 bridgehead atoms. The number of carbonyl (C=O) groups excluding carboxylic acids is 1. The van der Waals surface area contributed by atoms with Crippen LogP contribution in [0.25, 0.3) is 0 Å². The van der Waals surface area contributed by atoms with E-state index in [1.807, 2.05) is 24.3 Å². The zero-order valence-corrected chi connectivity index (χ0v) is 21.4. The Labute approximate surface area is 218 Å². The Balaban J connectivity index is 1.46. The molecule has 1 saturated carbocycles. The Kier molecular flexibility index (Phi) is 9.42. The van der Waals surface area contributed by atoms with Gasteiger partial charge in [-0.1, -0.05) is 56.2 Å². The van der Waals surface area contributed by atoms with Crippen molar-refractivity contribution in [2.45, 2.75) is 70.1 Å². The van der Waals surface area contributed by atoms with Gasteiger partial charge in [0, 0.05) is 24.7 Å². The molecule has 1 aliphatic carbocycles. The number of hydrogen-bond acceptors (Lipinski definition) is 3. The lowest BCUT2D eigenvalue weighted by Gasteiger charge is -2.25. The van der Waals surface area contributed by atoms with Crippen LogP contribution in [-0.2, 0) is 19.4 Å². The van der Waals surface area contributed by atoms with Crippen LogP contribution in [0.2, 0.25) is 0 Å². The van der Waals surface area contributed by atoms with Gasteiger partial charge in [-0.25, -0.2) is 8.78 Å². The Morgan fingerprint density at radius 2 is 1.65 bits per heavy atom. The van der Waals surface area contributed by atoms with E-state index >= 15 is 0 Å². The summed E-state index contributed by atoms with van der Waals surface area (Å²) in [7, 11) is 0. The van der Waals surface area contributed by atoms with Crippen LogP contribution in [0.4, 0.5) is 8.78 Å². The number of rotatable bonds is 11. The summed E-state index contributed by atoms with van der Waals surface area (Å²) < 4.78 is 27.7. The van der Waals surface area contributed by atoms with Gasteiger partial charge < -0.3 is 15.7 Å². The molecular formula is C31H36F2N2O2. The van der Waals surface area contributed by atoms with Gasteiger partial charge in [0.05, 0.1) is 12.1 Å². The summed E-state index contributed by atoms with van der Waals surface area (Å²) in [4.78, 5) is 13.2. The van der Waals surface area contributed by atoms with Gasteiger partial charge in [0.1, 0.15) is 11.6 Å². The van der Waals surface area contributed by atoms with Gasteiger partial charge in [-0.05, 0) is 78.1 Å². The van der Waals surface area contributed by atoms with Crippen LogP contribution in [0.1, 0.15) is 71.1 Å². The fourth-order valence-corrected chi connectivity index (χ4v) is 5.18. The van der Waals surface area contributed by atoms with Crippen LogP contribution >= 0.6 is 0 Å². The Bertz CT molecular complexity index is 1170. The molecule has 0 unspecified atom stereocenters. The van der Waals surface area contributed by atoms with E-state index in [0.717, 1.165) is 36.5 Å². The number of aryl methyl sites for hydroxylation is 1. The average molecular weight is 507 g/mol. The summed E-state index contributed by atoms with van der Waals surface area (Å²) in [5.74, 6) is -1.21. The van der Waals surface area contributed by atoms with E-state index < -0.39 is 23.8 Å². The lowest BCUT2D eigenvalue weighted by molar-refractivity contribution is 0.0829. The fraction of sp³-hybridized carbons (Fsp3) is 0.387. The highest BCUT2D eigenvalue weighted by Gasteiger charge is 2.24. The van der Waals surface area contributed by atoms with Crippen molar-refractivity contribution in [3.8, 4) is 0 Å². The summed E-state index contributed by atoms with van der Waals surface area (Å²) in [5.41, 5.74) is 4.39. The second-order valence-electron chi connectivity index (χ2n) is 10.0. The lowest BCUT2D eigenvalue weighted by Crippen LogP contribution is -2.48. The van der Waals surface area contributed by atoms with Crippen LogP contribution in [0.15, 0.2) is 66.7 Å². The molecule has 1 amide bonds. The van der Waals surface area contributed by atoms with Gasteiger partial charge in [0.25, 0.3) is 5.91 Å². The highest BCUT2D eigenvalue weighted by atomic mass is 19.1. The number of aliphatic hydroxyl groups excluding tert-OH is 1. The highest BCUT2D eigenvalue weighted by molar-refractivity contribution is 5.94. The maximum absolute atomic E-state index is 13.8. The normalized spacial score (nSPS) is 15.5. The van der Waals surface area contributed by atoms with E-state index in [-0.39, 0.29) is 18.9 Å². The minimum Gasteiger partial charge on any atom is -0.390 e. The third-order valence-electron chi connectivity index (χ3n) is 7.22. The van der Waals surface area contributed by atoms with Gasteiger partial charge in [-0.15, -0.1) is 0 Å². The van der Waals surface area contributed by atoms with Crippen LogP contribution in [0.3, 0.4) is 0 Å². The topological polar surface area (TPSA) is 61.4 Å². The molecule has 4 nitrogen and oxygen atoms in total. The van der Waals surface area contributed by atoms with Gasteiger partial charge in [0.15, 0.2) is 0 Å². The zero-order valence-electron chi connectivity index (χ0n) is 21.4. The number of hydrogen-bond donors (Lipinski definition) is 3. The standard InChI is InChI=1S/C31H36F2N2O2/c1-2-21-7-5-8-22(13-21)19-34-20-30(36)29(16-23-14-27(32)18-28(33)15-23)35-31(37)26-12-6-11-25(17-26)24-9-3-4-10-24/h5-8,11-15,17-18,24,29-30,34,36H,2-4,9-10,16,19-20H2,1H3,(H,35,37)/t29-,30-/m0/s1. The molecule has 6 heteroatoms. The fourth-order valence-electron chi connectivity index (χ4n) is 5.18. The van der Waals surface area contributed by atoms with Crippen LogP contribution < -0.4 is 10.6 Å². The van der Waals surface area contributed by atoms with Crippen molar-refractivity contribution in [1.29, 1.82) is 0 Å². The molecule has 0 saturated heterocycles. The Hall–Kier alpha value is -3.09. The highest BCUT2D eigenvalue weighted by Crippen LogP contribution is 2.34. The first-order chi connectivity index (χ1) is 17.9. The largest absolute Gasteiger partial charge is 0.390 e. The van der Waals surface area contributed by atoms with Gasteiger partial charge in [-0.2, -0.15) is 0 Å². The molecule has 0 spiro atoms. The SMILES string of the molecule is CCc1cccc(CNC[C@H](O)[C@H](Cc2cc(F)cc(F)c2)NC(=O)c2cccc(C3CCCC3)c2)c1. The molecule has 37 heavy (non-hydrogen) atoms. The predicted octanol–water partition coefficient (Wildman–Crippen LogP) is 5.68. The molecular weight excluding hydrogens is 470 g/mol. The van der Waals surface area contributed by atoms with Crippen LogP contribution in [-0.4, -0.2) is 29.7 Å². The van der Waals surface area contributed by atoms with E-state index in [4.69, 9.17) is 0 Å². The van der Waals surface area contributed by atoms with Crippen molar-refractivity contribution in [1.82, 2.24) is 10.6 Å². The second kappa shape index (κ2) is 12.9. The third-order valence-corrected chi connectivity index (χ3v) is 7.22. The molecule has 3 aromatic carbocycles. The van der Waals surface area contributed by atoms with E-state index in [9.17, 15) is 18.7 Å². The van der Waals surface area contributed by atoms with Crippen molar-refractivity contribution in [2.24, 2.45) is 0 Å².